The van der Waals surface area contributed by atoms with Gasteiger partial charge in [-0.15, -0.1) is 12.4 Å². The zero-order valence-corrected chi connectivity index (χ0v) is 22.3. The lowest BCUT2D eigenvalue weighted by Gasteiger charge is -2.37. The molecule has 2 aromatic carbocycles. The summed E-state index contributed by atoms with van der Waals surface area (Å²) in [7, 11) is 2.03. The highest BCUT2D eigenvalue weighted by molar-refractivity contribution is 5.98. The van der Waals surface area contributed by atoms with E-state index in [0.29, 0.717) is 5.56 Å². The molecule has 1 amide bonds. The molecule has 0 aliphatic carbocycles. The topological polar surface area (TPSA) is 54.5 Å². The molecule has 2 heterocycles. The monoisotopic (exact) mass is 494 g/mol. The third-order valence-corrected chi connectivity index (χ3v) is 7.52. The Balaban J connectivity index is 0.00000342. The number of hydrogen-bond donors (Lipinski definition) is 1. The zero-order chi connectivity index (χ0) is 24.2. The van der Waals surface area contributed by atoms with Gasteiger partial charge in [0.15, 0.2) is 0 Å². The van der Waals surface area contributed by atoms with Gasteiger partial charge in [-0.25, -0.2) is 0 Å². The van der Waals surface area contributed by atoms with Crippen LogP contribution in [0.3, 0.4) is 0 Å². The summed E-state index contributed by atoms with van der Waals surface area (Å²) < 4.78 is 2.12. The number of nitrogens with zero attached hydrogens (tertiary/aromatic N) is 3. The number of piperazine rings is 1. The normalized spacial score (nSPS) is 14.1. The zero-order valence-electron chi connectivity index (χ0n) is 21.5. The van der Waals surface area contributed by atoms with Crippen molar-refractivity contribution in [1.82, 2.24) is 9.47 Å². The van der Waals surface area contributed by atoms with Crippen molar-refractivity contribution in [3.63, 3.8) is 0 Å². The molecule has 1 saturated heterocycles. The molecule has 0 unspecified atom stereocenters. The molecule has 4 rings (SSSR count). The first-order chi connectivity index (χ1) is 16.4. The van der Waals surface area contributed by atoms with Crippen LogP contribution in [-0.4, -0.2) is 48.1 Å². The predicted octanol–water partition coefficient (Wildman–Crippen LogP) is 5.28. The molecule has 6 heteroatoms. The predicted molar refractivity (Wildman–Crippen MR) is 149 cm³/mol. The summed E-state index contributed by atoms with van der Waals surface area (Å²) in [5.74, 6) is -0.326. The molecule has 5 nitrogen and oxygen atoms in total. The number of amides is 1. The Morgan fingerprint density at radius 3 is 2.26 bits per heavy atom. The number of carbonyl (C=O) groups excluding carboxylic acids is 1. The van der Waals surface area contributed by atoms with Gasteiger partial charge in [0.05, 0.1) is 11.3 Å². The molecule has 0 bridgehead atoms. The fourth-order valence-corrected chi connectivity index (χ4v) is 5.34. The number of nitrogens with two attached hydrogens (primary N) is 1. The van der Waals surface area contributed by atoms with E-state index >= 15 is 0 Å². The molecular weight excluding hydrogens is 456 g/mol. The smallest absolute Gasteiger partial charge is 0.250 e. The second-order valence-electron chi connectivity index (χ2n) is 9.58. The first-order valence-corrected chi connectivity index (χ1v) is 12.5. The molecule has 0 radical (unpaired) electrons. The van der Waals surface area contributed by atoms with Gasteiger partial charge < -0.3 is 15.2 Å². The number of unbranched alkanes of at least 4 members (excludes halogenated alkanes) is 1. The van der Waals surface area contributed by atoms with Gasteiger partial charge >= 0.3 is 0 Å². The SMILES string of the molecule is Cc1cccc(N2CCN(CCCCc3c(C(N)=O)c(C)n(C)c3-c3ccccc3)CC2)c1C.Cl. The number of halogens is 1. The molecule has 35 heavy (non-hydrogen) atoms. The Bertz CT molecular complexity index is 1150. The maximum Gasteiger partial charge on any atom is 0.250 e. The van der Waals surface area contributed by atoms with Crippen LogP contribution >= 0.6 is 12.4 Å². The fourth-order valence-electron chi connectivity index (χ4n) is 5.34. The summed E-state index contributed by atoms with van der Waals surface area (Å²) in [6.45, 7) is 11.9. The van der Waals surface area contributed by atoms with E-state index in [1.54, 1.807) is 0 Å². The van der Waals surface area contributed by atoms with Gasteiger partial charge in [0, 0.05) is 44.6 Å². The number of rotatable bonds is 8. The second-order valence-corrected chi connectivity index (χ2v) is 9.58. The van der Waals surface area contributed by atoms with Gasteiger partial charge in [0.1, 0.15) is 0 Å². The lowest BCUT2D eigenvalue weighted by molar-refractivity contribution is 0.0999. The Morgan fingerprint density at radius 2 is 1.60 bits per heavy atom. The number of benzene rings is 2. The molecule has 1 aliphatic heterocycles. The molecule has 1 aliphatic rings. The Morgan fingerprint density at radius 1 is 0.914 bits per heavy atom. The third kappa shape index (κ3) is 5.74. The lowest BCUT2D eigenvalue weighted by Crippen LogP contribution is -2.46. The van der Waals surface area contributed by atoms with Crippen LogP contribution in [0.25, 0.3) is 11.3 Å². The van der Waals surface area contributed by atoms with E-state index in [4.69, 9.17) is 5.73 Å². The van der Waals surface area contributed by atoms with Crippen molar-refractivity contribution in [2.45, 2.75) is 40.0 Å². The summed E-state index contributed by atoms with van der Waals surface area (Å²) in [4.78, 5) is 17.4. The van der Waals surface area contributed by atoms with Gasteiger partial charge in [-0.1, -0.05) is 42.5 Å². The molecule has 188 valence electrons. The average molecular weight is 495 g/mol. The Kier molecular flexibility index (Phi) is 9.03. The first kappa shape index (κ1) is 26.8. The van der Waals surface area contributed by atoms with Crippen molar-refractivity contribution in [3.8, 4) is 11.3 Å². The number of primary amides is 1. The van der Waals surface area contributed by atoms with Gasteiger partial charge in [-0.05, 0) is 74.9 Å². The van der Waals surface area contributed by atoms with Crippen LogP contribution in [0.1, 0.15) is 45.6 Å². The van der Waals surface area contributed by atoms with E-state index in [1.165, 1.54) is 16.8 Å². The maximum absolute atomic E-state index is 12.3. The summed E-state index contributed by atoms with van der Waals surface area (Å²) in [5, 5.41) is 0. The molecule has 0 spiro atoms. The third-order valence-electron chi connectivity index (χ3n) is 7.52. The summed E-state index contributed by atoms with van der Waals surface area (Å²) in [5.41, 5.74) is 15.0. The summed E-state index contributed by atoms with van der Waals surface area (Å²) >= 11 is 0. The van der Waals surface area contributed by atoms with Crippen molar-refractivity contribution in [2.24, 2.45) is 12.8 Å². The van der Waals surface area contributed by atoms with E-state index in [2.05, 4.69) is 58.5 Å². The Hall–Kier alpha value is -2.76. The van der Waals surface area contributed by atoms with Crippen LogP contribution in [0.15, 0.2) is 48.5 Å². The summed E-state index contributed by atoms with van der Waals surface area (Å²) in [6.07, 6.45) is 3.03. The number of hydrogen-bond acceptors (Lipinski definition) is 3. The standard InChI is InChI=1S/C29H38N4O.ClH/c1-21-11-10-15-26(22(21)2)33-19-17-32(18-20-33)16-9-8-14-25-27(29(30)34)23(3)31(4)28(25)24-12-6-5-7-13-24;/h5-7,10-13,15H,8-9,14,16-20H2,1-4H3,(H2,30,34);1H. The van der Waals surface area contributed by atoms with E-state index in [1.807, 2.05) is 32.2 Å². The minimum absolute atomic E-state index is 0. The molecule has 0 atom stereocenters. The van der Waals surface area contributed by atoms with E-state index in [0.717, 1.165) is 74.5 Å². The van der Waals surface area contributed by atoms with E-state index in [-0.39, 0.29) is 18.3 Å². The highest BCUT2D eigenvalue weighted by Crippen LogP contribution is 2.32. The van der Waals surface area contributed by atoms with Crippen molar-refractivity contribution in [3.05, 3.63) is 76.5 Å². The van der Waals surface area contributed by atoms with E-state index in [9.17, 15) is 4.79 Å². The average Bonchev–Trinajstić information content (AvgIpc) is 3.09. The first-order valence-electron chi connectivity index (χ1n) is 12.5. The van der Waals surface area contributed by atoms with Crippen LogP contribution in [0, 0.1) is 20.8 Å². The van der Waals surface area contributed by atoms with Gasteiger partial charge in [-0.2, -0.15) is 0 Å². The number of carbonyl (C=O) groups is 1. The molecular formula is C29H39ClN4O. The number of aromatic nitrogens is 1. The molecule has 1 fully saturated rings. The van der Waals surface area contributed by atoms with Crippen molar-refractivity contribution in [2.75, 3.05) is 37.6 Å². The van der Waals surface area contributed by atoms with Crippen LogP contribution in [0.5, 0.6) is 0 Å². The fraction of sp³-hybridized carbons (Fsp3) is 0.414. The quantitative estimate of drug-likeness (QED) is 0.433. The van der Waals surface area contributed by atoms with Crippen LogP contribution in [-0.2, 0) is 13.5 Å². The Labute approximate surface area is 216 Å². The van der Waals surface area contributed by atoms with Crippen LogP contribution in [0.4, 0.5) is 5.69 Å². The van der Waals surface area contributed by atoms with Crippen molar-refractivity contribution in [1.29, 1.82) is 0 Å². The minimum atomic E-state index is -0.326. The highest BCUT2D eigenvalue weighted by Gasteiger charge is 2.23. The van der Waals surface area contributed by atoms with Gasteiger partial charge in [0.2, 0.25) is 0 Å². The molecule has 0 saturated carbocycles. The summed E-state index contributed by atoms with van der Waals surface area (Å²) in [6, 6.07) is 16.9. The largest absolute Gasteiger partial charge is 0.369 e. The number of anilines is 1. The maximum atomic E-state index is 12.3. The lowest BCUT2D eigenvalue weighted by atomic mass is 9.98. The highest BCUT2D eigenvalue weighted by atomic mass is 35.5. The van der Waals surface area contributed by atoms with Gasteiger partial charge in [0.25, 0.3) is 5.91 Å². The van der Waals surface area contributed by atoms with Crippen LogP contribution in [0.2, 0.25) is 0 Å². The molecule has 1 aromatic heterocycles. The minimum Gasteiger partial charge on any atom is -0.369 e. The van der Waals surface area contributed by atoms with Crippen molar-refractivity contribution >= 4 is 24.0 Å². The number of aryl methyl sites for hydroxylation is 1. The second kappa shape index (κ2) is 11.8. The molecule has 2 N–H and O–H groups in total. The van der Waals surface area contributed by atoms with Gasteiger partial charge in [-0.3, -0.25) is 9.69 Å². The van der Waals surface area contributed by atoms with E-state index < -0.39 is 0 Å². The van der Waals surface area contributed by atoms with Crippen LogP contribution < -0.4 is 10.6 Å². The molecule has 3 aromatic rings. The van der Waals surface area contributed by atoms with Crippen molar-refractivity contribution < 1.29 is 4.79 Å².